The number of amides is 3. The molecule has 1 fully saturated rings. The van der Waals surface area contributed by atoms with E-state index in [-0.39, 0.29) is 24.1 Å². The van der Waals surface area contributed by atoms with Crippen LogP contribution in [0.3, 0.4) is 0 Å². The average molecular weight is 372 g/mol. The molecule has 0 radical (unpaired) electrons. The Labute approximate surface area is 136 Å². The lowest BCUT2D eigenvalue weighted by Crippen LogP contribution is -2.48. The van der Waals surface area contributed by atoms with E-state index in [2.05, 4.69) is 32.1 Å². The number of halogens is 1. The molecular formula is C14H18BrN3O4. The molecule has 3 N–H and O–H groups in total. The van der Waals surface area contributed by atoms with Gasteiger partial charge in [-0.3, -0.25) is 25.2 Å². The smallest absolute Gasteiger partial charge is 0.287 e. The van der Waals surface area contributed by atoms with Crippen molar-refractivity contribution in [2.24, 2.45) is 5.92 Å². The predicted octanol–water partition coefficient (Wildman–Crippen LogP) is 1.50. The molecule has 0 atom stereocenters. The molecule has 0 saturated heterocycles. The summed E-state index contributed by atoms with van der Waals surface area (Å²) < 4.78 is 5.49. The number of hydrogen-bond donors (Lipinski definition) is 3. The maximum atomic E-state index is 11.8. The Morgan fingerprint density at radius 2 is 1.86 bits per heavy atom. The number of furan rings is 1. The highest BCUT2D eigenvalue weighted by Crippen LogP contribution is 2.23. The van der Waals surface area contributed by atoms with Crippen LogP contribution in [0, 0.1) is 5.92 Å². The largest absolute Gasteiger partial charge is 0.444 e. The lowest BCUT2D eigenvalue weighted by atomic mass is 9.89. The van der Waals surface area contributed by atoms with Crippen LogP contribution in [0.5, 0.6) is 0 Å². The summed E-state index contributed by atoms with van der Waals surface area (Å²) in [5.74, 6) is -1.10. The molecule has 1 aromatic heterocycles. The summed E-state index contributed by atoms with van der Waals surface area (Å²) in [6.45, 7) is -0.248. The van der Waals surface area contributed by atoms with Crippen LogP contribution in [0.4, 0.5) is 0 Å². The maximum absolute atomic E-state index is 11.8. The molecule has 22 heavy (non-hydrogen) atoms. The van der Waals surface area contributed by atoms with E-state index in [0.29, 0.717) is 4.67 Å². The maximum Gasteiger partial charge on any atom is 0.287 e. The van der Waals surface area contributed by atoms with Crippen molar-refractivity contribution in [3.8, 4) is 0 Å². The highest BCUT2D eigenvalue weighted by atomic mass is 79.9. The monoisotopic (exact) mass is 371 g/mol. The van der Waals surface area contributed by atoms with Crippen LogP contribution in [0.15, 0.2) is 21.2 Å². The van der Waals surface area contributed by atoms with Crippen LogP contribution >= 0.6 is 15.9 Å². The Hall–Kier alpha value is -1.83. The standard InChI is InChI=1S/C14H18BrN3O4/c15-11-7-6-10(22-11)14(21)16-8-12(19)17-18-13(20)9-4-2-1-3-5-9/h6-7,9H,1-5,8H2,(H,16,21)(H,17,19)(H,18,20). The van der Waals surface area contributed by atoms with E-state index in [1.54, 1.807) is 6.07 Å². The Morgan fingerprint density at radius 1 is 1.14 bits per heavy atom. The zero-order valence-electron chi connectivity index (χ0n) is 12.0. The van der Waals surface area contributed by atoms with Crippen LogP contribution in [0.2, 0.25) is 0 Å². The summed E-state index contributed by atoms with van der Waals surface area (Å²) in [5.41, 5.74) is 4.70. The van der Waals surface area contributed by atoms with Gasteiger partial charge in [-0.25, -0.2) is 0 Å². The SMILES string of the molecule is O=C(CNC(=O)c1ccc(Br)o1)NNC(=O)C1CCCCC1. The van der Waals surface area contributed by atoms with Gasteiger partial charge in [0.15, 0.2) is 10.4 Å². The zero-order valence-corrected chi connectivity index (χ0v) is 13.6. The van der Waals surface area contributed by atoms with Gasteiger partial charge in [-0.05, 0) is 40.9 Å². The van der Waals surface area contributed by atoms with Gasteiger partial charge in [-0.1, -0.05) is 19.3 Å². The first-order valence-corrected chi connectivity index (χ1v) is 7.98. The lowest BCUT2D eigenvalue weighted by Gasteiger charge is -2.20. The van der Waals surface area contributed by atoms with Crippen molar-refractivity contribution >= 4 is 33.7 Å². The van der Waals surface area contributed by atoms with Crippen LogP contribution in [0.25, 0.3) is 0 Å². The van der Waals surface area contributed by atoms with Crippen LogP contribution < -0.4 is 16.2 Å². The second-order valence-electron chi connectivity index (χ2n) is 5.16. The van der Waals surface area contributed by atoms with Gasteiger partial charge >= 0.3 is 0 Å². The Bertz CT molecular complexity index is 552. The van der Waals surface area contributed by atoms with E-state index in [9.17, 15) is 14.4 Å². The van der Waals surface area contributed by atoms with Crippen molar-refractivity contribution in [2.75, 3.05) is 6.54 Å². The minimum Gasteiger partial charge on any atom is -0.444 e. The van der Waals surface area contributed by atoms with Crippen molar-refractivity contribution < 1.29 is 18.8 Å². The fraction of sp³-hybridized carbons (Fsp3) is 0.500. The van der Waals surface area contributed by atoms with Crippen LogP contribution in [0.1, 0.15) is 42.7 Å². The summed E-state index contributed by atoms with van der Waals surface area (Å²) in [6, 6.07) is 3.07. The average Bonchev–Trinajstić information content (AvgIpc) is 2.97. The predicted molar refractivity (Wildman–Crippen MR) is 81.6 cm³/mol. The molecule has 0 aromatic carbocycles. The molecule has 1 aliphatic carbocycles. The summed E-state index contributed by atoms with van der Waals surface area (Å²) in [5, 5.41) is 2.40. The molecule has 0 unspecified atom stereocenters. The lowest BCUT2D eigenvalue weighted by molar-refractivity contribution is -0.131. The van der Waals surface area contributed by atoms with Gasteiger partial charge in [0.1, 0.15) is 0 Å². The summed E-state index contributed by atoms with van der Waals surface area (Å²) >= 11 is 3.09. The second kappa shape index (κ2) is 7.98. The number of carbonyl (C=O) groups is 3. The third-order valence-electron chi connectivity index (χ3n) is 3.51. The Kier molecular flexibility index (Phi) is 6.00. The van der Waals surface area contributed by atoms with Crippen molar-refractivity contribution in [3.63, 3.8) is 0 Å². The Morgan fingerprint density at radius 3 is 2.50 bits per heavy atom. The molecule has 3 amide bonds. The molecule has 1 aromatic rings. The zero-order chi connectivity index (χ0) is 15.9. The molecule has 7 nitrogen and oxygen atoms in total. The van der Waals surface area contributed by atoms with E-state index >= 15 is 0 Å². The number of nitrogens with one attached hydrogen (secondary N) is 3. The van der Waals surface area contributed by atoms with E-state index in [1.165, 1.54) is 6.07 Å². The van der Waals surface area contributed by atoms with E-state index in [1.807, 2.05) is 0 Å². The molecule has 1 heterocycles. The van der Waals surface area contributed by atoms with Crippen LogP contribution in [-0.2, 0) is 9.59 Å². The summed E-state index contributed by atoms with van der Waals surface area (Å²) in [6.07, 6.45) is 4.95. The minimum atomic E-state index is -0.501. The summed E-state index contributed by atoms with van der Waals surface area (Å²) in [4.78, 5) is 35.1. The van der Waals surface area contributed by atoms with Crippen molar-refractivity contribution in [1.82, 2.24) is 16.2 Å². The van der Waals surface area contributed by atoms with Crippen molar-refractivity contribution in [3.05, 3.63) is 22.6 Å². The van der Waals surface area contributed by atoms with Gasteiger partial charge in [-0.2, -0.15) is 0 Å². The third kappa shape index (κ3) is 4.87. The van der Waals surface area contributed by atoms with Gasteiger partial charge < -0.3 is 9.73 Å². The molecule has 1 saturated carbocycles. The number of hydrogen-bond acceptors (Lipinski definition) is 4. The quantitative estimate of drug-likeness (QED) is 0.698. The number of rotatable bonds is 4. The van der Waals surface area contributed by atoms with E-state index < -0.39 is 11.8 Å². The normalized spacial score (nSPS) is 15.1. The molecule has 0 aliphatic heterocycles. The van der Waals surface area contributed by atoms with Gasteiger partial charge in [-0.15, -0.1) is 0 Å². The van der Waals surface area contributed by atoms with Gasteiger partial charge in [0.25, 0.3) is 11.8 Å². The van der Waals surface area contributed by atoms with E-state index in [0.717, 1.165) is 32.1 Å². The number of carbonyl (C=O) groups excluding carboxylic acids is 3. The molecule has 0 bridgehead atoms. The van der Waals surface area contributed by atoms with Gasteiger partial charge in [0.2, 0.25) is 5.91 Å². The van der Waals surface area contributed by atoms with Crippen molar-refractivity contribution in [2.45, 2.75) is 32.1 Å². The van der Waals surface area contributed by atoms with Gasteiger partial charge in [0, 0.05) is 5.92 Å². The fourth-order valence-corrected chi connectivity index (χ4v) is 2.63. The minimum absolute atomic E-state index is 0.0379. The fourth-order valence-electron chi connectivity index (χ4n) is 2.33. The van der Waals surface area contributed by atoms with Crippen LogP contribution in [-0.4, -0.2) is 24.3 Å². The first kappa shape index (κ1) is 16.5. The highest BCUT2D eigenvalue weighted by molar-refractivity contribution is 9.10. The topological polar surface area (TPSA) is 100 Å². The highest BCUT2D eigenvalue weighted by Gasteiger charge is 2.21. The first-order chi connectivity index (χ1) is 10.6. The first-order valence-electron chi connectivity index (χ1n) is 7.18. The Balaban J connectivity index is 1.67. The van der Waals surface area contributed by atoms with Crippen molar-refractivity contribution in [1.29, 1.82) is 0 Å². The second-order valence-corrected chi connectivity index (χ2v) is 5.94. The molecule has 8 heteroatoms. The molecule has 0 spiro atoms. The molecule has 120 valence electrons. The van der Waals surface area contributed by atoms with Gasteiger partial charge in [0.05, 0.1) is 6.54 Å². The number of hydrazine groups is 1. The summed E-state index contributed by atoms with van der Waals surface area (Å²) in [7, 11) is 0. The molecule has 2 rings (SSSR count). The van der Waals surface area contributed by atoms with E-state index in [4.69, 9.17) is 4.42 Å². The third-order valence-corrected chi connectivity index (χ3v) is 3.93. The molecule has 1 aliphatic rings. The molecular weight excluding hydrogens is 354 g/mol.